The number of carbonyl (C=O) groups excluding carboxylic acids is 1. The van der Waals surface area contributed by atoms with Crippen LogP contribution in [0.4, 0.5) is 0 Å². The molecule has 0 saturated heterocycles. The zero-order chi connectivity index (χ0) is 9.10. The molecule has 13 heavy (non-hydrogen) atoms. The lowest BCUT2D eigenvalue weighted by Crippen LogP contribution is -2.17. The first-order valence-electron chi connectivity index (χ1n) is 4.23. The number of nitrogens with zero attached hydrogens (tertiary/aromatic N) is 2. The van der Waals surface area contributed by atoms with Crippen molar-refractivity contribution in [2.75, 3.05) is 0 Å². The first kappa shape index (κ1) is 7.98. The van der Waals surface area contributed by atoms with Gasteiger partial charge >= 0.3 is 0 Å². The summed E-state index contributed by atoms with van der Waals surface area (Å²) in [7, 11) is 0. The van der Waals surface area contributed by atoms with Crippen molar-refractivity contribution in [1.82, 2.24) is 5.01 Å². The first-order valence-corrected chi connectivity index (χ1v) is 4.23. The van der Waals surface area contributed by atoms with E-state index in [-0.39, 0.29) is 6.04 Å². The van der Waals surface area contributed by atoms with E-state index in [1.165, 1.54) is 5.01 Å². The van der Waals surface area contributed by atoms with E-state index in [2.05, 4.69) is 5.10 Å². The van der Waals surface area contributed by atoms with Gasteiger partial charge in [0.25, 0.3) is 0 Å². The summed E-state index contributed by atoms with van der Waals surface area (Å²) in [4.78, 5) is 10.6. The highest BCUT2D eigenvalue weighted by Crippen LogP contribution is 2.25. The quantitative estimate of drug-likeness (QED) is 0.626. The van der Waals surface area contributed by atoms with Crippen LogP contribution in [0.5, 0.6) is 0 Å². The number of benzene rings is 1. The van der Waals surface area contributed by atoms with Crippen LogP contribution < -0.4 is 0 Å². The van der Waals surface area contributed by atoms with Crippen LogP contribution >= 0.6 is 0 Å². The van der Waals surface area contributed by atoms with E-state index in [9.17, 15) is 4.79 Å². The third-order valence-corrected chi connectivity index (χ3v) is 2.16. The second-order valence-corrected chi connectivity index (χ2v) is 2.95. The summed E-state index contributed by atoms with van der Waals surface area (Å²) in [6.45, 7) is 0. The molecule has 0 bridgehead atoms. The molecule has 0 fully saturated rings. The molecule has 1 aromatic rings. The van der Waals surface area contributed by atoms with E-state index in [1.54, 1.807) is 6.21 Å². The van der Waals surface area contributed by atoms with Crippen LogP contribution in [-0.2, 0) is 4.79 Å². The molecule has 0 aromatic heterocycles. The molecule has 3 heteroatoms. The smallest absolute Gasteiger partial charge is 0.230 e. The van der Waals surface area contributed by atoms with Gasteiger partial charge in [-0.15, -0.1) is 0 Å². The fourth-order valence-electron chi connectivity index (χ4n) is 1.49. The molecule has 3 nitrogen and oxygen atoms in total. The molecule has 2 rings (SSSR count). The van der Waals surface area contributed by atoms with Crippen molar-refractivity contribution in [1.29, 1.82) is 0 Å². The maximum absolute atomic E-state index is 10.6. The number of hydrogen-bond donors (Lipinski definition) is 0. The van der Waals surface area contributed by atoms with Gasteiger partial charge in [-0.3, -0.25) is 4.79 Å². The normalized spacial score (nSPS) is 20.6. The van der Waals surface area contributed by atoms with Crippen LogP contribution in [0.1, 0.15) is 18.0 Å². The van der Waals surface area contributed by atoms with Gasteiger partial charge in [0.15, 0.2) is 0 Å². The summed E-state index contributed by atoms with van der Waals surface area (Å²) < 4.78 is 0. The van der Waals surface area contributed by atoms with E-state index >= 15 is 0 Å². The zero-order valence-electron chi connectivity index (χ0n) is 7.13. The number of carbonyl (C=O) groups is 1. The summed E-state index contributed by atoms with van der Waals surface area (Å²) in [5.41, 5.74) is 1.13. The fourth-order valence-corrected chi connectivity index (χ4v) is 1.49. The van der Waals surface area contributed by atoms with Crippen molar-refractivity contribution in [2.24, 2.45) is 5.10 Å². The Balaban J connectivity index is 2.23. The molecule has 1 atom stereocenters. The molecule has 1 aliphatic rings. The predicted molar refractivity (Wildman–Crippen MR) is 50.2 cm³/mol. The molecule has 1 aliphatic heterocycles. The third-order valence-electron chi connectivity index (χ3n) is 2.16. The van der Waals surface area contributed by atoms with Gasteiger partial charge in [0.1, 0.15) is 0 Å². The Hall–Kier alpha value is -1.64. The summed E-state index contributed by atoms with van der Waals surface area (Å²) in [5.74, 6) is 0. The SMILES string of the molecule is O=CN1N=CC[C@@H]1c1ccccc1. The average Bonchev–Trinajstić information content (AvgIpc) is 2.67. The van der Waals surface area contributed by atoms with Gasteiger partial charge in [0, 0.05) is 12.6 Å². The molecule has 0 spiro atoms. The number of rotatable bonds is 2. The topological polar surface area (TPSA) is 32.7 Å². The Morgan fingerprint density at radius 1 is 1.38 bits per heavy atom. The van der Waals surface area contributed by atoms with Gasteiger partial charge in [-0.05, 0) is 5.56 Å². The van der Waals surface area contributed by atoms with Crippen molar-refractivity contribution >= 4 is 12.6 Å². The minimum absolute atomic E-state index is 0.0960. The third kappa shape index (κ3) is 1.45. The average molecular weight is 174 g/mol. The van der Waals surface area contributed by atoms with Crippen molar-refractivity contribution in [3.05, 3.63) is 35.9 Å². The molecule has 1 aromatic carbocycles. The van der Waals surface area contributed by atoms with Gasteiger partial charge in [0.2, 0.25) is 6.41 Å². The van der Waals surface area contributed by atoms with Crippen LogP contribution in [0.2, 0.25) is 0 Å². The Bertz CT molecular complexity index is 321. The van der Waals surface area contributed by atoms with Crippen molar-refractivity contribution in [3.63, 3.8) is 0 Å². The monoisotopic (exact) mass is 174 g/mol. The molecular formula is C10H10N2O. The molecule has 0 unspecified atom stereocenters. The van der Waals surface area contributed by atoms with Gasteiger partial charge in [-0.25, -0.2) is 5.01 Å². The van der Waals surface area contributed by atoms with Crippen LogP contribution in [0, 0.1) is 0 Å². The summed E-state index contributed by atoms with van der Waals surface area (Å²) >= 11 is 0. The van der Waals surface area contributed by atoms with Gasteiger partial charge < -0.3 is 0 Å². The minimum atomic E-state index is 0.0960. The predicted octanol–water partition coefficient (Wildman–Crippen LogP) is 1.58. The Labute approximate surface area is 76.7 Å². The van der Waals surface area contributed by atoms with E-state index < -0.39 is 0 Å². The van der Waals surface area contributed by atoms with Crippen molar-refractivity contribution < 1.29 is 4.79 Å². The maximum atomic E-state index is 10.6. The van der Waals surface area contributed by atoms with E-state index in [0.717, 1.165) is 18.4 Å². The Kier molecular flexibility index (Phi) is 2.08. The van der Waals surface area contributed by atoms with Crippen molar-refractivity contribution in [2.45, 2.75) is 12.5 Å². The Morgan fingerprint density at radius 2 is 2.15 bits per heavy atom. The summed E-state index contributed by atoms with van der Waals surface area (Å²) in [5, 5.41) is 5.41. The number of hydrogen-bond acceptors (Lipinski definition) is 2. The van der Waals surface area contributed by atoms with Crippen LogP contribution in [0.3, 0.4) is 0 Å². The minimum Gasteiger partial charge on any atom is -0.277 e. The fraction of sp³-hybridized carbons (Fsp3) is 0.200. The molecule has 66 valence electrons. The largest absolute Gasteiger partial charge is 0.277 e. The van der Waals surface area contributed by atoms with Gasteiger partial charge in [-0.2, -0.15) is 5.10 Å². The second kappa shape index (κ2) is 3.39. The van der Waals surface area contributed by atoms with E-state index in [4.69, 9.17) is 0 Å². The highest BCUT2D eigenvalue weighted by molar-refractivity contribution is 5.65. The molecule has 1 heterocycles. The number of hydrazone groups is 1. The second-order valence-electron chi connectivity index (χ2n) is 2.95. The van der Waals surface area contributed by atoms with E-state index in [0.29, 0.717) is 0 Å². The van der Waals surface area contributed by atoms with E-state index in [1.807, 2.05) is 30.3 Å². The molecule has 0 radical (unpaired) electrons. The summed E-state index contributed by atoms with van der Waals surface area (Å²) in [6, 6.07) is 10.0. The highest BCUT2D eigenvalue weighted by Gasteiger charge is 2.21. The molecule has 0 saturated carbocycles. The molecule has 0 aliphatic carbocycles. The summed E-state index contributed by atoms with van der Waals surface area (Å²) in [6.07, 6.45) is 3.34. The lowest BCUT2D eigenvalue weighted by molar-refractivity contribution is -0.119. The van der Waals surface area contributed by atoms with Crippen molar-refractivity contribution in [3.8, 4) is 0 Å². The number of amides is 1. The lowest BCUT2D eigenvalue weighted by atomic mass is 10.1. The van der Waals surface area contributed by atoms with Gasteiger partial charge in [0.05, 0.1) is 6.04 Å². The Morgan fingerprint density at radius 3 is 2.85 bits per heavy atom. The molecule has 0 N–H and O–H groups in total. The first-order chi connectivity index (χ1) is 6.42. The molecule has 1 amide bonds. The standard InChI is InChI=1S/C10H10N2O/c13-8-12-10(6-7-11-12)9-4-2-1-3-5-9/h1-5,7-8,10H,6H2/t10-/m1/s1. The van der Waals surface area contributed by atoms with Crippen LogP contribution in [0.15, 0.2) is 35.4 Å². The lowest BCUT2D eigenvalue weighted by Gasteiger charge is -2.16. The zero-order valence-corrected chi connectivity index (χ0v) is 7.13. The van der Waals surface area contributed by atoms with Gasteiger partial charge in [-0.1, -0.05) is 30.3 Å². The van der Waals surface area contributed by atoms with Crippen LogP contribution in [-0.4, -0.2) is 17.6 Å². The molecular weight excluding hydrogens is 164 g/mol. The highest BCUT2D eigenvalue weighted by atomic mass is 16.1. The maximum Gasteiger partial charge on any atom is 0.230 e. The van der Waals surface area contributed by atoms with Crippen LogP contribution in [0.25, 0.3) is 0 Å².